The van der Waals surface area contributed by atoms with Crippen molar-refractivity contribution >= 4 is 23.5 Å². The smallest absolute Gasteiger partial charge is 0.275 e. The summed E-state index contributed by atoms with van der Waals surface area (Å²) in [6, 6.07) is 4.04. The number of nitrogens with one attached hydrogen (secondary N) is 1. The molecule has 1 atom stereocenters. The van der Waals surface area contributed by atoms with E-state index in [-0.39, 0.29) is 35.4 Å². The highest BCUT2D eigenvalue weighted by molar-refractivity contribution is 6.03. The number of carbonyl (C=O) groups is 2. The maximum atomic E-state index is 14.6. The van der Waals surface area contributed by atoms with Crippen molar-refractivity contribution in [2.75, 3.05) is 32.2 Å². The summed E-state index contributed by atoms with van der Waals surface area (Å²) in [6.45, 7) is 4.82. The normalized spacial score (nSPS) is 18.3. The summed E-state index contributed by atoms with van der Waals surface area (Å²) in [4.78, 5) is 38.4. The van der Waals surface area contributed by atoms with Crippen LogP contribution in [0.3, 0.4) is 0 Å². The number of nitrogens with zero attached hydrogens (tertiary/aromatic N) is 4. The first-order chi connectivity index (χ1) is 15.2. The second-order valence-corrected chi connectivity index (χ2v) is 7.31. The molecule has 0 spiro atoms. The minimum Gasteiger partial charge on any atom is -0.474 e. The molecule has 0 bridgehead atoms. The molecule has 1 aliphatic rings. The molecule has 1 aliphatic heterocycles. The zero-order chi connectivity index (χ0) is 23.3. The molecule has 11 heteroatoms. The van der Waals surface area contributed by atoms with Crippen LogP contribution in [0.25, 0.3) is 0 Å². The van der Waals surface area contributed by atoms with Gasteiger partial charge in [0.2, 0.25) is 11.8 Å². The Bertz CT molecular complexity index is 1030. The highest BCUT2D eigenvalue weighted by Crippen LogP contribution is 2.35. The number of anilines is 1. The summed E-state index contributed by atoms with van der Waals surface area (Å²) in [7, 11) is 1.50. The van der Waals surface area contributed by atoms with Crippen LogP contribution < -0.4 is 15.8 Å². The van der Waals surface area contributed by atoms with Crippen molar-refractivity contribution in [1.29, 1.82) is 0 Å². The number of aromatic nitrogens is 2. The lowest BCUT2D eigenvalue weighted by atomic mass is 9.87. The molecule has 170 valence electrons. The molecule has 10 nitrogen and oxygen atoms in total. The molecule has 0 aliphatic carbocycles. The molecule has 2 heterocycles. The van der Waals surface area contributed by atoms with Crippen LogP contribution in [0.1, 0.15) is 36.3 Å². The summed E-state index contributed by atoms with van der Waals surface area (Å²) in [5, 5.41) is 2.65. The predicted molar refractivity (Wildman–Crippen MR) is 115 cm³/mol. The molecule has 0 saturated heterocycles. The zero-order valence-corrected chi connectivity index (χ0v) is 18.1. The van der Waals surface area contributed by atoms with Crippen LogP contribution in [0, 0.1) is 5.82 Å². The lowest BCUT2D eigenvalue weighted by Gasteiger charge is -2.34. The van der Waals surface area contributed by atoms with Gasteiger partial charge in [-0.25, -0.2) is 19.4 Å². The lowest BCUT2D eigenvalue weighted by Crippen LogP contribution is -2.47. The third kappa shape index (κ3) is 5.17. The van der Waals surface area contributed by atoms with Gasteiger partial charge in [-0.2, -0.15) is 0 Å². The Morgan fingerprint density at radius 1 is 1.31 bits per heavy atom. The van der Waals surface area contributed by atoms with Crippen LogP contribution in [0.2, 0.25) is 0 Å². The van der Waals surface area contributed by atoms with Crippen LogP contribution in [0.15, 0.2) is 35.6 Å². The van der Waals surface area contributed by atoms with Gasteiger partial charge in [-0.3, -0.25) is 14.5 Å². The molecule has 2 amide bonds. The van der Waals surface area contributed by atoms with Gasteiger partial charge in [0.1, 0.15) is 18.1 Å². The summed E-state index contributed by atoms with van der Waals surface area (Å²) in [6.07, 6.45) is 2.55. The van der Waals surface area contributed by atoms with Crippen LogP contribution in [0.4, 0.5) is 10.1 Å². The molecule has 3 N–H and O–H groups in total. The number of halogens is 1. The van der Waals surface area contributed by atoms with Crippen LogP contribution in [-0.2, 0) is 15.1 Å². The molecular formula is C21H25FN6O4. The Morgan fingerprint density at radius 3 is 2.75 bits per heavy atom. The van der Waals surface area contributed by atoms with Gasteiger partial charge in [0.15, 0.2) is 5.96 Å². The van der Waals surface area contributed by atoms with Crippen molar-refractivity contribution in [2.24, 2.45) is 10.7 Å². The molecule has 2 aromatic rings. The largest absolute Gasteiger partial charge is 0.474 e. The fourth-order valence-electron chi connectivity index (χ4n) is 3.13. The number of guanidine groups is 1. The van der Waals surface area contributed by atoms with E-state index in [1.54, 1.807) is 6.92 Å². The van der Waals surface area contributed by atoms with E-state index >= 15 is 0 Å². The number of hydrogen-bond donors (Lipinski definition) is 2. The molecule has 32 heavy (non-hydrogen) atoms. The highest BCUT2D eigenvalue weighted by Gasteiger charge is 2.38. The van der Waals surface area contributed by atoms with Gasteiger partial charge in [0.25, 0.3) is 5.91 Å². The number of rotatable bonds is 8. The molecule has 0 saturated carbocycles. The Balaban J connectivity index is 1.73. The van der Waals surface area contributed by atoms with E-state index < -0.39 is 17.3 Å². The minimum atomic E-state index is -1.20. The molecule has 1 unspecified atom stereocenters. The van der Waals surface area contributed by atoms with Crippen LogP contribution in [-0.4, -0.2) is 59.5 Å². The van der Waals surface area contributed by atoms with Gasteiger partial charge in [-0.1, -0.05) is 0 Å². The average Bonchev–Trinajstić information content (AvgIpc) is 2.76. The number of hydrogen-bond acceptors (Lipinski definition) is 8. The van der Waals surface area contributed by atoms with E-state index in [1.807, 2.05) is 6.92 Å². The summed E-state index contributed by atoms with van der Waals surface area (Å²) in [5.74, 6) is -1.12. The van der Waals surface area contributed by atoms with Crippen molar-refractivity contribution in [3.63, 3.8) is 0 Å². The van der Waals surface area contributed by atoms with Crippen LogP contribution >= 0.6 is 0 Å². The standard InChI is InChI=1S/C21H25FN6O4/c1-4-31-7-8-32-17-12-24-16(11-25-17)19(30)26-13-5-6-15(22)14(9-13)21(2)10-18(29)28(3)20(23)27-21/h5-6,9,11-12H,4,7-8,10H2,1-3H3,(H2,23,27)(H,26,30). The fraction of sp³-hybridized carbons (Fsp3) is 0.381. The van der Waals surface area contributed by atoms with E-state index in [0.717, 1.165) is 0 Å². The summed E-state index contributed by atoms with van der Waals surface area (Å²) in [5.41, 5.74) is 5.12. The number of aliphatic imine (C=N–C) groups is 1. The SMILES string of the molecule is CCOCCOc1cnc(C(=O)Nc2ccc(F)c(C3(C)CC(=O)N(C)C(N)=N3)c2)cn1. The van der Waals surface area contributed by atoms with Crippen molar-refractivity contribution < 1.29 is 23.5 Å². The van der Waals surface area contributed by atoms with Gasteiger partial charge in [-0.05, 0) is 32.0 Å². The Kier molecular flexibility index (Phi) is 6.98. The number of carbonyl (C=O) groups excluding carboxylic acids is 2. The molecule has 3 rings (SSSR count). The molecule has 1 aromatic heterocycles. The van der Waals surface area contributed by atoms with E-state index in [0.29, 0.717) is 25.5 Å². The minimum absolute atomic E-state index is 0.00331. The lowest BCUT2D eigenvalue weighted by molar-refractivity contribution is -0.128. The summed E-state index contributed by atoms with van der Waals surface area (Å²) < 4.78 is 25.1. The predicted octanol–water partition coefficient (Wildman–Crippen LogP) is 1.68. The van der Waals surface area contributed by atoms with Gasteiger partial charge >= 0.3 is 0 Å². The van der Waals surface area contributed by atoms with E-state index in [9.17, 15) is 14.0 Å². The van der Waals surface area contributed by atoms with Crippen LogP contribution in [0.5, 0.6) is 5.88 Å². The van der Waals surface area contributed by atoms with Gasteiger partial charge in [0.05, 0.1) is 31.0 Å². The molecule has 0 radical (unpaired) electrons. The number of nitrogens with two attached hydrogens (primary N) is 1. The Morgan fingerprint density at radius 2 is 2.09 bits per heavy atom. The van der Waals surface area contributed by atoms with E-state index in [4.69, 9.17) is 15.2 Å². The molecular weight excluding hydrogens is 419 g/mol. The number of benzene rings is 1. The van der Waals surface area contributed by atoms with Crippen molar-refractivity contribution in [1.82, 2.24) is 14.9 Å². The topological polar surface area (TPSA) is 132 Å². The number of amides is 2. The first-order valence-corrected chi connectivity index (χ1v) is 9.99. The monoisotopic (exact) mass is 444 g/mol. The second kappa shape index (κ2) is 9.69. The molecule has 1 aromatic carbocycles. The second-order valence-electron chi connectivity index (χ2n) is 7.31. The van der Waals surface area contributed by atoms with Gasteiger partial charge < -0.3 is 20.5 Å². The third-order valence-electron chi connectivity index (χ3n) is 4.92. The quantitative estimate of drug-likeness (QED) is 0.592. The first kappa shape index (κ1) is 23.1. The average molecular weight is 444 g/mol. The maximum Gasteiger partial charge on any atom is 0.275 e. The Labute approximate surface area is 184 Å². The zero-order valence-electron chi connectivity index (χ0n) is 18.1. The summed E-state index contributed by atoms with van der Waals surface area (Å²) >= 11 is 0. The first-order valence-electron chi connectivity index (χ1n) is 9.99. The maximum absolute atomic E-state index is 14.6. The van der Waals surface area contributed by atoms with Gasteiger partial charge in [-0.15, -0.1) is 0 Å². The van der Waals surface area contributed by atoms with E-state index in [2.05, 4.69) is 20.3 Å². The van der Waals surface area contributed by atoms with Crippen molar-refractivity contribution in [3.05, 3.63) is 47.7 Å². The van der Waals surface area contributed by atoms with E-state index in [1.165, 1.54) is 42.5 Å². The Hall–Kier alpha value is -3.60. The highest BCUT2D eigenvalue weighted by atomic mass is 19.1. The van der Waals surface area contributed by atoms with Crippen molar-refractivity contribution in [2.45, 2.75) is 25.8 Å². The number of ether oxygens (including phenoxy) is 2. The van der Waals surface area contributed by atoms with Gasteiger partial charge in [0, 0.05) is 24.9 Å². The third-order valence-corrected chi connectivity index (χ3v) is 4.92. The van der Waals surface area contributed by atoms with Crippen molar-refractivity contribution in [3.8, 4) is 5.88 Å². The molecule has 0 fully saturated rings. The fourth-order valence-corrected chi connectivity index (χ4v) is 3.13.